The molecule has 7 heteroatoms. The minimum atomic E-state index is -3.83. The fraction of sp³-hybridized carbons (Fsp3) is 0.174. The number of hydrogen-bond donors (Lipinski definition) is 1. The Morgan fingerprint density at radius 2 is 1.30 bits per heavy atom. The maximum Gasteiger partial charge on any atom is 0.453 e. The van der Waals surface area contributed by atoms with E-state index in [4.69, 9.17) is 13.8 Å². The predicted molar refractivity (Wildman–Crippen MR) is 116 cm³/mol. The van der Waals surface area contributed by atoms with Gasteiger partial charge in [-0.15, -0.1) is 0 Å². The standard InChI is InChI=1S/C23H24NO5P/c1-2-22(24-23(25)27-18-19-12-6-3-7-13-19)30(26,28-20-14-8-4-9-15-20)29-21-16-10-5-11-17-21/h3-17,22H,2,18H2,1H3,(H,24,25). The number of carbonyl (C=O) groups excluding carboxylic acids is 1. The molecule has 0 aliphatic heterocycles. The molecule has 0 aliphatic carbocycles. The largest absolute Gasteiger partial charge is 0.453 e. The first-order valence-electron chi connectivity index (χ1n) is 9.65. The number of hydrogen-bond acceptors (Lipinski definition) is 5. The number of carbonyl (C=O) groups is 1. The molecule has 6 nitrogen and oxygen atoms in total. The molecule has 0 radical (unpaired) electrons. The van der Waals surface area contributed by atoms with Crippen LogP contribution < -0.4 is 14.4 Å². The molecule has 0 spiro atoms. The molecule has 3 rings (SSSR count). The zero-order valence-electron chi connectivity index (χ0n) is 16.6. The highest BCUT2D eigenvalue weighted by atomic mass is 31.2. The van der Waals surface area contributed by atoms with Crippen LogP contribution in [0.2, 0.25) is 0 Å². The van der Waals surface area contributed by atoms with Crippen LogP contribution >= 0.6 is 7.60 Å². The molecule has 0 fully saturated rings. The van der Waals surface area contributed by atoms with Crippen molar-refractivity contribution < 1.29 is 23.1 Å². The van der Waals surface area contributed by atoms with Gasteiger partial charge in [-0.2, -0.15) is 0 Å². The highest BCUT2D eigenvalue weighted by Crippen LogP contribution is 2.52. The Hall–Kier alpha value is -3.24. The van der Waals surface area contributed by atoms with E-state index >= 15 is 0 Å². The first-order valence-corrected chi connectivity index (χ1v) is 11.3. The molecule has 0 aliphatic rings. The highest BCUT2D eigenvalue weighted by molar-refractivity contribution is 7.55. The molecule has 30 heavy (non-hydrogen) atoms. The van der Waals surface area contributed by atoms with Crippen molar-refractivity contribution in [2.75, 3.05) is 0 Å². The van der Waals surface area contributed by atoms with E-state index in [2.05, 4.69) is 5.32 Å². The minimum absolute atomic E-state index is 0.104. The first kappa shape index (κ1) is 21.5. The monoisotopic (exact) mass is 425 g/mol. The van der Waals surface area contributed by atoms with E-state index in [0.29, 0.717) is 17.9 Å². The lowest BCUT2D eigenvalue weighted by molar-refractivity contribution is 0.137. The molecule has 0 bridgehead atoms. The van der Waals surface area contributed by atoms with Crippen LogP contribution in [-0.4, -0.2) is 11.9 Å². The molecule has 3 aromatic rings. The van der Waals surface area contributed by atoms with Crippen LogP contribution in [-0.2, 0) is 15.9 Å². The third-order valence-corrected chi connectivity index (χ3v) is 6.41. The second kappa shape index (κ2) is 10.5. The number of ether oxygens (including phenoxy) is 1. The number of nitrogens with one attached hydrogen (secondary N) is 1. The van der Waals surface area contributed by atoms with E-state index in [1.807, 2.05) is 42.5 Å². The van der Waals surface area contributed by atoms with Crippen LogP contribution in [0.4, 0.5) is 4.79 Å². The molecule has 0 saturated heterocycles. The van der Waals surface area contributed by atoms with Gasteiger partial charge >= 0.3 is 13.7 Å². The summed E-state index contributed by atoms with van der Waals surface area (Å²) in [6, 6.07) is 26.8. The van der Waals surface area contributed by atoms with Gasteiger partial charge in [0.15, 0.2) is 5.78 Å². The second-order valence-electron chi connectivity index (χ2n) is 6.48. The van der Waals surface area contributed by atoms with Gasteiger partial charge in [0, 0.05) is 0 Å². The maximum atomic E-state index is 13.8. The fourth-order valence-electron chi connectivity index (χ4n) is 2.71. The lowest BCUT2D eigenvalue weighted by Gasteiger charge is -2.27. The van der Waals surface area contributed by atoms with Gasteiger partial charge in [0.25, 0.3) is 0 Å². The average molecular weight is 425 g/mol. The lowest BCUT2D eigenvalue weighted by Crippen LogP contribution is -2.37. The third kappa shape index (κ3) is 6.13. The van der Waals surface area contributed by atoms with E-state index < -0.39 is 19.5 Å². The summed E-state index contributed by atoms with van der Waals surface area (Å²) in [5.74, 6) is -0.134. The highest BCUT2D eigenvalue weighted by Gasteiger charge is 2.39. The average Bonchev–Trinajstić information content (AvgIpc) is 2.78. The Bertz CT molecular complexity index is 921. The van der Waals surface area contributed by atoms with Crippen LogP contribution in [0.3, 0.4) is 0 Å². The molecule has 1 atom stereocenters. The number of rotatable bonds is 9. The Balaban J connectivity index is 1.75. The Morgan fingerprint density at radius 1 is 0.833 bits per heavy atom. The summed E-state index contributed by atoms with van der Waals surface area (Å²) in [6.45, 7) is 1.89. The van der Waals surface area contributed by atoms with Crippen molar-refractivity contribution in [2.45, 2.75) is 25.7 Å². The fourth-order valence-corrected chi connectivity index (χ4v) is 4.54. The van der Waals surface area contributed by atoms with E-state index in [1.165, 1.54) is 0 Å². The SMILES string of the molecule is CCC(NC(=O)OCc1ccccc1)P(=O)(Oc1ccccc1)Oc1ccccc1. The van der Waals surface area contributed by atoms with E-state index in [1.54, 1.807) is 55.5 Å². The molecule has 156 valence electrons. The maximum absolute atomic E-state index is 13.8. The number of para-hydroxylation sites is 2. The van der Waals surface area contributed by atoms with Crippen molar-refractivity contribution in [2.24, 2.45) is 0 Å². The van der Waals surface area contributed by atoms with Crippen molar-refractivity contribution in [1.82, 2.24) is 5.32 Å². The van der Waals surface area contributed by atoms with Crippen molar-refractivity contribution in [3.8, 4) is 11.5 Å². The van der Waals surface area contributed by atoms with Crippen LogP contribution in [0.15, 0.2) is 91.0 Å². The van der Waals surface area contributed by atoms with Gasteiger partial charge in [-0.05, 0) is 36.2 Å². The van der Waals surface area contributed by atoms with Crippen molar-refractivity contribution in [3.05, 3.63) is 96.6 Å². The molecule has 0 heterocycles. The van der Waals surface area contributed by atoms with Gasteiger partial charge in [0.05, 0.1) is 0 Å². The molecular formula is C23H24NO5P. The van der Waals surface area contributed by atoms with Crippen LogP contribution in [0.5, 0.6) is 11.5 Å². The first-order chi connectivity index (χ1) is 14.6. The van der Waals surface area contributed by atoms with Gasteiger partial charge in [-0.1, -0.05) is 73.7 Å². The summed E-state index contributed by atoms with van der Waals surface area (Å²) in [4.78, 5) is 12.4. The topological polar surface area (TPSA) is 73.9 Å². The molecule has 1 amide bonds. The molecule has 3 aromatic carbocycles. The summed E-state index contributed by atoms with van der Waals surface area (Å²) in [7, 11) is -3.83. The quantitative estimate of drug-likeness (QED) is 0.426. The molecule has 0 saturated carbocycles. The Morgan fingerprint density at radius 3 is 1.77 bits per heavy atom. The normalized spacial score (nSPS) is 11.9. The van der Waals surface area contributed by atoms with Gasteiger partial charge in [0.1, 0.15) is 18.1 Å². The smallest absolute Gasteiger partial charge is 0.445 e. The zero-order chi connectivity index (χ0) is 21.2. The third-order valence-electron chi connectivity index (χ3n) is 4.22. The molecule has 1 unspecified atom stereocenters. The van der Waals surface area contributed by atoms with E-state index in [-0.39, 0.29) is 6.61 Å². The lowest BCUT2D eigenvalue weighted by atomic mass is 10.2. The molecule has 0 aromatic heterocycles. The van der Waals surface area contributed by atoms with Crippen LogP contribution in [0.1, 0.15) is 18.9 Å². The number of amides is 1. The zero-order valence-corrected chi connectivity index (χ0v) is 17.5. The van der Waals surface area contributed by atoms with Crippen molar-refractivity contribution >= 4 is 13.7 Å². The van der Waals surface area contributed by atoms with Crippen LogP contribution in [0, 0.1) is 0 Å². The predicted octanol–water partition coefficient (Wildman–Crippen LogP) is 6.00. The summed E-state index contributed by atoms with van der Waals surface area (Å²) < 4.78 is 30.6. The summed E-state index contributed by atoms with van der Waals surface area (Å²) in [6.07, 6.45) is -0.378. The summed E-state index contributed by atoms with van der Waals surface area (Å²) in [5.41, 5.74) is 0.852. The molecule has 1 N–H and O–H groups in total. The van der Waals surface area contributed by atoms with Crippen molar-refractivity contribution in [1.29, 1.82) is 0 Å². The minimum Gasteiger partial charge on any atom is -0.445 e. The number of alkyl carbamates (subject to hydrolysis) is 1. The van der Waals surface area contributed by atoms with Gasteiger partial charge in [-0.3, -0.25) is 0 Å². The van der Waals surface area contributed by atoms with Gasteiger partial charge in [-0.25, -0.2) is 9.36 Å². The summed E-state index contributed by atoms with van der Waals surface area (Å²) in [5, 5.41) is 2.64. The van der Waals surface area contributed by atoms with E-state index in [9.17, 15) is 9.36 Å². The molecular weight excluding hydrogens is 401 g/mol. The van der Waals surface area contributed by atoms with Gasteiger partial charge < -0.3 is 19.1 Å². The van der Waals surface area contributed by atoms with Crippen molar-refractivity contribution in [3.63, 3.8) is 0 Å². The number of benzene rings is 3. The van der Waals surface area contributed by atoms with Gasteiger partial charge in [0.2, 0.25) is 0 Å². The summed E-state index contributed by atoms with van der Waals surface area (Å²) >= 11 is 0. The van der Waals surface area contributed by atoms with Crippen LogP contribution in [0.25, 0.3) is 0 Å². The second-order valence-corrected chi connectivity index (χ2v) is 8.55. The Labute approximate surface area is 176 Å². The van der Waals surface area contributed by atoms with E-state index in [0.717, 1.165) is 5.56 Å². The Kier molecular flexibility index (Phi) is 7.52.